The van der Waals surface area contributed by atoms with Crippen LogP contribution in [0.25, 0.3) is 11.6 Å². The van der Waals surface area contributed by atoms with Crippen LogP contribution in [0.2, 0.25) is 0 Å². The molecule has 0 aliphatic carbocycles. The Morgan fingerprint density at radius 2 is 2.27 bits per heavy atom. The van der Waals surface area contributed by atoms with E-state index in [9.17, 15) is 9.59 Å². The minimum Gasteiger partial charge on any atom is -0.461 e. The summed E-state index contributed by atoms with van der Waals surface area (Å²) < 4.78 is 10.3. The lowest BCUT2D eigenvalue weighted by Crippen LogP contribution is -2.40. The molecule has 3 rings (SSSR count). The van der Waals surface area contributed by atoms with Gasteiger partial charge in [0.1, 0.15) is 0 Å². The van der Waals surface area contributed by atoms with Crippen molar-refractivity contribution >= 4 is 11.8 Å². The van der Waals surface area contributed by atoms with Crippen LogP contribution in [0.1, 0.15) is 38.5 Å². The molecule has 0 bridgehead atoms. The standard InChI is InChI=1S/C18H24N4O4/c1-13-4-2-10-22(12-13)17(24)8-9-19-15(23)6-7-16-20-18(21-26-16)14-5-3-11-25-14/h3,5,11,13H,2,4,6-10,12H2,1H3,(H,19,23). The normalized spacial score (nSPS) is 17.3. The Morgan fingerprint density at radius 1 is 1.38 bits per heavy atom. The molecule has 1 aliphatic rings. The Morgan fingerprint density at radius 3 is 3.04 bits per heavy atom. The van der Waals surface area contributed by atoms with Crippen LogP contribution < -0.4 is 5.32 Å². The Labute approximate surface area is 151 Å². The molecule has 2 aromatic rings. The highest BCUT2D eigenvalue weighted by molar-refractivity contribution is 5.79. The number of hydrogen-bond acceptors (Lipinski definition) is 6. The Bertz CT molecular complexity index is 725. The molecule has 2 aromatic heterocycles. The molecule has 0 radical (unpaired) electrons. The highest BCUT2D eigenvalue weighted by Gasteiger charge is 2.20. The third-order valence-corrected chi connectivity index (χ3v) is 4.45. The molecule has 0 spiro atoms. The van der Waals surface area contributed by atoms with Gasteiger partial charge in [0, 0.05) is 38.9 Å². The van der Waals surface area contributed by atoms with Gasteiger partial charge in [0.15, 0.2) is 5.76 Å². The molecule has 2 amide bonds. The van der Waals surface area contributed by atoms with Gasteiger partial charge in [-0.15, -0.1) is 0 Å². The van der Waals surface area contributed by atoms with Crippen LogP contribution in [0.5, 0.6) is 0 Å². The summed E-state index contributed by atoms with van der Waals surface area (Å²) in [6, 6.07) is 3.48. The minimum atomic E-state index is -0.137. The zero-order valence-corrected chi connectivity index (χ0v) is 14.9. The molecular formula is C18H24N4O4. The van der Waals surface area contributed by atoms with Gasteiger partial charge in [0.05, 0.1) is 6.26 Å². The van der Waals surface area contributed by atoms with Gasteiger partial charge in [-0.1, -0.05) is 12.1 Å². The number of carbonyl (C=O) groups excluding carboxylic acids is 2. The van der Waals surface area contributed by atoms with E-state index in [0.29, 0.717) is 42.8 Å². The van der Waals surface area contributed by atoms with Crippen LogP contribution in [0.3, 0.4) is 0 Å². The van der Waals surface area contributed by atoms with E-state index in [1.807, 2.05) is 4.90 Å². The van der Waals surface area contributed by atoms with Crippen LogP contribution in [-0.2, 0) is 16.0 Å². The molecule has 0 aromatic carbocycles. The predicted molar refractivity (Wildman–Crippen MR) is 92.9 cm³/mol. The molecule has 8 nitrogen and oxygen atoms in total. The van der Waals surface area contributed by atoms with E-state index >= 15 is 0 Å². The van der Waals surface area contributed by atoms with Crippen molar-refractivity contribution in [1.82, 2.24) is 20.4 Å². The number of furan rings is 1. The molecular weight excluding hydrogens is 336 g/mol. The van der Waals surface area contributed by atoms with E-state index in [2.05, 4.69) is 22.4 Å². The quantitative estimate of drug-likeness (QED) is 0.811. The first kappa shape index (κ1) is 18.2. The third-order valence-electron chi connectivity index (χ3n) is 4.45. The van der Waals surface area contributed by atoms with Gasteiger partial charge in [-0.2, -0.15) is 4.98 Å². The first-order valence-electron chi connectivity index (χ1n) is 9.03. The fourth-order valence-corrected chi connectivity index (χ4v) is 3.05. The molecule has 3 heterocycles. The predicted octanol–water partition coefficient (Wildman–Crippen LogP) is 2.03. The Kier molecular flexibility index (Phi) is 6.04. The highest BCUT2D eigenvalue weighted by Crippen LogP contribution is 2.17. The van der Waals surface area contributed by atoms with Gasteiger partial charge in [-0.05, 0) is 30.9 Å². The van der Waals surface area contributed by atoms with Crippen molar-refractivity contribution in [3.8, 4) is 11.6 Å². The van der Waals surface area contributed by atoms with Gasteiger partial charge in [0.25, 0.3) is 0 Å². The number of nitrogens with one attached hydrogen (secondary N) is 1. The molecule has 1 saturated heterocycles. The fraction of sp³-hybridized carbons (Fsp3) is 0.556. The van der Waals surface area contributed by atoms with Gasteiger partial charge >= 0.3 is 0 Å². The SMILES string of the molecule is CC1CCCN(C(=O)CCNC(=O)CCc2nc(-c3ccco3)no2)C1. The van der Waals surface area contributed by atoms with Crippen molar-refractivity contribution in [2.45, 2.75) is 39.0 Å². The lowest BCUT2D eigenvalue weighted by molar-refractivity contribution is -0.132. The summed E-state index contributed by atoms with van der Waals surface area (Å²) in [4.78, 5) is 30.2. The maximum Gasteiger partial charge on any atom is 0.238 e. The Balaban J connectivity index is 1.35. The van der Waals surface area contributed by atoms with Crippen LogP contribution >= 0.6 is 0 Å². The van der Waals surface area contributed by atoms with Crippen molar-refractivity contribution in [1.29, 1.82) is 0 Å². The molecule has 1 unspecified atom stereocenters. The lowest BCUT2D eigenvalue weighted by Gasteiger charge is -2.31. The largest absolute Gasteiger partial charge is 0.461 e. The fourth-order valence-electron chi connectivity index (χ4n) is 3.05. The molecule has 1 N–H and O–H groups in total. The van der Waals surface area contributed by atoms with Gasteiger partial charge in [-0.3, -0.25) is 9.59 Å². The molecule has 1 fully saturated rings. The van der Waals surface area contributed by atoms with Gasteiger partial charge < -0.3 is 19.2 Å². The van der Waals surface area contributed by atoms with Crippen LogP contribution in [0, 0.1) is 5.92 Å². The van der Waals surface area contributed by atoms with Crippen molar-refractivity contribution in [3.05, 3.63) is 24.3 Å². The summed E-state index contributed by atoms with van der Waals surface area (Å²) in [5.41, 5.74) is 0. The van der Waals surface area contributed by atoms with E-state index in [1.54, 1.807) is 12.1 Å². The molecule has 1 aliphatic heterocycles. The molecule has 140 valence electrons. The van der Waals surface area contributed by atoms with Gasteiger partial charge in [0.2, 0.25) is 23.5 Å². The first-order valence-corrected chi connectivity index (χ1v) is 9.03. The average Bonchev–Trinajstić information content (AvgIpc) is 3.31. The minimum absolute atomic E-state index is 0.108. The number of aryl methyl sites for hydroxylation is 1. The number of rotatable bonds is 7. The second-order valence-electron chi connectivity index (χ2n) is 6.68. The summed E-state index contributed by atoms with van der Waals surface area (Å²) in [7, 11) is 0. The van der Waals surface area contributed by atoms with Crippen molar-refractivity contribution < 1.29 is 18.5 Å². The Hall–Kier alpha value is -2.64. The van der Waals surface area contributed by atoms with E-state index in [0.717, 1.165) is 19.5 Å². The van der Waals surface area contributed by atoms with Crippen LogP contribution in [0.4, 0.5) is 0 Å². The maximum absolute atomic E-state index is 12.2. The maximum atomic E-state index is 12.2. The number of carbonyl (C=O) groups is 2. The number of aromatic nitrogens is 2. The first-order chi connectivity index (χ1) is 12.6. The summed E-state index contributed by atoms with van der Waals surface area (Å²) in [5.74, 6) is 1.80. The number of hydrogen-bond donors (Lipinski definition) is 1. The van der Waals surface area contributed by atoms with E-state index in [-0.39, 0.29) is 18.2 Å². The summed E-state index contributed by atoms with van der Waals surface area (Å²) in [6.45, 7) is 4.16. The van der Waals surface area contributed by atoms with Crippen molar-refractivity contribution in [2.75, 3.05) is 19.6 Å². The second-order valence-corrected chi connectivity index (χ2v) is 6.68. The van der Waals surface area contributed by atoms with Gasteiger partial charge in [-0.25, -0.2) is 0 Å². The molecule has 26 heavy (non-hydrogen) atoms. The summed E-state index contributed by atoms with van der Waals surface area (Å²) >= 11 is 0. The topological polar surface area (TPSA) is 101 Å². The van der Waals surface area contributed by atoms with Crippen molar-refractivity contribution in [2.24, 2.45) is 5.92 Å². The molecule has 1 atom stereocenters. The highest BCUT2D eigenvalue weighted by atomic mass is 16.5. The third kappa shape index (κ3) is 4.93. The summed E-state index contributed by atoms with van der Waals surface area (Å²) in [6.07, 6.45) is 4.68. The molecule has 8 heteroatoms. The monoisotopic (exact) mass is 360 g/mol. The number of piperidine rings is 1. The zero-order chi connectivity index (χ0) is 18.4. The lowest BCUT2D eigenvalue weighted by atomic mass is 10.00. The van der Waals surface area contributed by atoms with Crippen LogP contribution in [0.15, 0.2) is 27.3 Å². The van der Waals surface area contributed by atoms with Crippen LogP contribution in [-0.4, -0.2) is 46.5 Å². The van der Waals surface area contributed by atoms with E-state index in [1.165, 1.54) is 12.7 Å². The number of amides is 2. The number of likely N-dealkylation sites (tertiary alicyclic amines) is 1. The smallest absolute Gasteiger partial charge is 0.238 e. The van der Waals surface area contributed by atoms with E-state index < -0.39 is 0 Å². The average molecular weight is 360 g/mol. The second kappa shape index (κ2) is 8.64. The van der Waals surface area contributed by atoms with Crippen molar-refractivity contribution in [3.63, 3.8) is 0 Å². The summed E-state index contributed by atoms with van der Waals surface area (Å²) in [5, 5.41) is 6.59. The molecule has 0 saturated carbocycles. The van der Waals surface area contributed by atoms with E-state index in [4.69, 9.17) is 8.94 Å². The number of nitrogens with zero attached hydrogens (tertiary/aromatic N) is 3. The zero-order valence-electron chi connectivity index (χ0n) is 14.9.